The van der Waals surface area contributed by atoms with Crippen molar-refractivity contribution in [2.75, 3.05) is 33.2 Å². The Morgan fingerprint density at radius 1 is 1.28 bits per heavy atom. The van der Waals surface area contributed by atoms with E-state index in [2.05, 4.69) is 31.1 Å². The number of nitrogens with one attached hydrogen (secondary N) is 1. The monoisotopic (exact) mass is 252 g/mol. The lowest BCUT2D eigenvalue weighted by molar-refractivity contribution is 0.0905. The van der Waals surface area contributed by atoms with Gasteiger partial charge in [-0.25, -0.2) is 0 Å². The zero-order valence-corrected chi connectivity index (χ0v) is 12.7. The van der Waals surface area contributed by atoms with Gasteiger partial charge in [0.05, 0.1) is 0 Å². The molecule has 0 amide bonds. The van der Waals surface area contributed by atoms with Gasteiger partial charge in [-0.15, -0.1) is 0 Å². The van der Waals surface area contributed by atoms with Crippen LogP contribution in [0, 0.1) is 17.3 Å². The fourth-order valence-corrected chi connectivity index (χ4v) is 3.90. The van der Waals surface area contributed by atoms with E-state index in [4.69, 9.17) is 0 Å². The van der Waals surface area contributed by atoms with Crippen LogP contribution >= 0.6 is 0 Å². The van der Waals surface area contributed by atoms with Crippen LogP contribution in [-0.4, -0.2) is 38.1 Å². The molecule has 0 radical (unpaired) electrons. The highest BCUT2D eigenvalue weighted by molar-refractivity contribution is 4.90. The fourth-order valence-electron chi connectivity index (χ4n) is 3.90. The summed E-state index contributed by atoms with van der Waals surface area (Å²) in [7, 11) is 2.34. The zero-order valence-electron chi connectivity index (χ0n) is 12.7. The van der Waals surface area contributed by atoms with E-state index in [9.17, 15) is 0 Å². The maximum Gasteiger partial charge on any atom is 0.00473 e. The molecular formula is C16H32N2. The second-order valence-electron chi connectivity index (χ2n) is 7.12. The van der Waals surface area contributed by atoms with Crippen LogP contribution in [0.25, 0.3) is 0 Å². The summed E-state index contributed by atoms with van der Waals surface area (Å²) in [6, 6.07) is 0. The molecule has 2 aliphatic carbocycles. The Morgan fingerprint density at radius 2 is 2.06 bits per heavy atom. The molecule has 2 nitrogen and oxygen atoms in total. The molecule has 2 heteroatoms. The van der Waals surface area contributed by atoms with Gasteiger partial charge in [-0.1, -0.05) is 26.7 Å². The molecule has 0 spiro atoms. The first-order valence-corrected chi connectivity index (χ1v) is 8.03. The molecule has 2 aliphatic rings. The predicted octanol–water partition coefficient (Wildman–Crippen LogP) is 3.13. The van der Waals surface area contributed by atoms with E-state index in [1.165, 1.54) is 58.2 Å². The molecule has 2 atom stereocenters. The summed E-state index contributed by atoms with van der Waals surface area (Å²) < 4.78 is 0. The van der Waals surface area contributed by atoms with Gasteiger partial charge < -0.3 is 10.2 Å². The summed E-state index contributed by atoms with van der Waals surface area (Å²) in [6.45, 7) is 9.66. The molecule has 0 bridgehead atoms. The average molecular weight is 252 g/mol. The van der Waals surface area contributed by atoms with Crippen molar-refractivity contribution in [3.63, 3.8) is 0 Å². The van der Waals surface area contributed by atoms with Crippen molar-refractivity contribution < 1.29 is 0 Å². The zero-order chi connectivity index (χ0) is 13.0. The minimum absolute atomic E-state index is 0.553. The van der Waals surface area contributed by atoms with Crippen LogP contribution in [-0.2, 0) is 0 Å². The van der Waals surface area contributed by atoms with Gasteiger partial charge in [-0.2, -0.15) is 0 Å². The molecule has 0 aromatic rings. The van der Waals surface area contributed by atoms with Crippen LogP contribution in [0.3, 0.4) is 0 Å². The van der Waals surface area contributed by atoms with Gasteiger partial charge in [0.2, 0.25) is 0 Å². The van der Waals surface area contributed by atoms with Crippen LogP contribution in [0.4, 0.5) is 0 Å². The van der Waals surface area contributed by atoms with Crippen molar-refractivity contribution in [1.29, 1.82) is 0 Å². The van der Waals surface area contributed by atoms with E-state index in [0.29, 0.717) is 5.41 Å². The van der Waals surface area contributed by atoms with Gasteiger partial charge in [0.15, 0.2) is 0 Å². The van der Waals surface area contributed by atoms with Crippen molar-refractivity contribution in [2.24, 2.45) is 17.3 Å². The first-order chi connectivity index (χ1) is 8.63. The van der Waals surface area contributed by atoms with Crippen molar-refractivity contribution in [1.82, 2.24) is 10.2 Å². The normalized spacial score (nSPS) is 33.0. The summed E-state index contributed by atoms with van der Waals surface area (Å²) in [6.07, 6.45) is 8.68. The molecule has 2 unspecified atom stereocenters. The Labute approximate surface area is 114 Å². The first kappa shape index (κ1) is 14.3. The Kier molecular flexibility index (Phi) is 5.08. The van der Waals surface area contributed by atoms with Crippen LogP contribution in [0.5, 0.6) is 0 Å². The third kappa shape index (κ3) is 4.24. The lowest BCUT2D eigenvalue weighted by Crippen LogP contribution is -2.46. The molecular weight excluding hydrogens is 220 g/mol. The maximum absolute atomic E-state index is 3.63. The number of hydrogen-bond donors (Lipinski definition) is 1. The Balaban J connectivity index is 1.89. The van der Waals surface area contributed by atoms with Crippen molar-refractivity contribution in [3.05, 3.63) is 0 Å². The summed E-state index contributed by atoms with van der Waals surface area (Å²) in [5.41, 5.74) is 0.553. The Morgan fingerprint density at radius 3 is 2.67 bits per heavy atom. The van der Waals surface area contributed by atoms with Crippen molar-refractivity contribution in [2.45, 2.75) is 52.4 Å². The Hall–Kier alpha value is -0.0800. The summed E-state index contributed by atoms with van der Waals surface area (Å²) in [5, 5.41) is 3.63. The molecule has 0 heterocycles. The minimum Gasteiger partial charge on any atom is -0.316 e. The largest absolute Gasteiger partial charge is 0.316 e. The molecule has 0 aliphatic heterocycles. The summed E-state index contributed by atoms with van der Waals surface area (Å²) in [5.74, 6) is 1.94. The van der Waals surface area contributed by atoms with Gasteiger partial charge in [0.1, 0.15) is 0 Å². The Bertz CT molecular complexity index is 249. The van der Waals surface area contributed by atoms with Gasteiger partial charge in [-0.3, -0.25) is 0 Å². The lowest BCUT2D eigenvalue weighted by atomic mass is 9.69. The van der Waals surface area contributed by atoms with E-state index >= 15 is 0 Å². The molecule has 2 saturated carbocycles. The molecule has 0 aromatic heterocycles. The highest BCUT2D eigenvalue weighted by Crippen LogP contribution is 2.40. The SMILES string of the molecule is CCNCC1(CN(C)CC2CC2)CCCC(C)C1. The minimum atomic E-state index is 0.553. The van der Waals surface area contributed by atoms with Crippen LogP contribution in [0.1, 0.15) is 52.4 Å². The van der Waals surface area contributed by atoms with Crippen molar-refractivity contribution in [3.8, 4) is 0 Å². The topological polar surface area (TPSA) is 15.3 Å². The average Bonchev–Trinajstić information content (AvgIpc) is 3.10. The predicted molar refractivity (Wildman–Crippen MR) is 78.8 cm³/mol. The highest BCUT2D eigenvalue weighted by Gasteiger charge is 2.36. The third-order valence-electron chi connectivity index (χ3n) is 4.81. The molecule has 0 saturated heterocycles. The van der Waals surface area contributed by atoms with E-state index in [-0.39, 0.29) is 0 Å². The molecule has 0 aromatic carbocycles. The second-order valence-corrected chi connectivity index (χ2v) is 7.12. The summed E-state index contributed by atoms with van der Waals surface area (Å²) in [4.78, 5) is 2.62. The van der Waals surface area contributed by atoms with Crippen molar-refractivity contribution >= 4 is 0 Å². The number of nitrogens with zero attached hydrogens (tertiary/aromatic N) is 1. The van der Waals surface area contributed by atoms with E-state index in [0.717, 1.165) is 18.4 Å². The first-order valence-electron chi connectivity index (χ1n) is 8.03. The lowest BCUT2D eigenvalue weighted by Gasteiger charge is -2.43. The quantitative estimate of drug-likeness (QED) is 0.749. The van der Waals surface area contributed by atoms with Crippen LogP contribution in [0.2, 0.25) is 0 Å². The molecule has 106 valence electrons. The number of hydrogen-bond acceptors (Lipinski definition) is 2. The van der Waals surface area contributed by atoms with Gasteiger partial charge in [0.25, 0.3) is 0 Å². The second kappa shape index (κ2) is 6.38. The number of rotatable bonds is 7. The summed E-state index contributed by atoms with van der Waals surface area (Å²) >= 11 is 0. The molecule has 2 fully saturated rings. The standard InChI is InChI=1S/C16H32N2/c1-4-17-12-16(9-5-6-14(2)10-16)13-18(3)11-15-7-8-15/h14-15,17H,4-13H2,1-3H3. The maximum atomic E-state index is 3.63. The van der Waals surface area contributed by atoms with Gasteiger partial charge in [-0.05, 0) is 56.5 Å². The van der Waals surface area contributed by atoms with Gasteiger partial charge in [0, 0.05) is 19.6 Å². The highest BCUT2D eigenvalue weighted by atomic mass is 15.1. The molecule has 2 rings (SSSR count). The van der Waals surface area contributed by atoms with E-state index < -0.39 is 0 Å². The van der Waals surface area contributed by atoms with E-state index in [1.54, 1.807) is 0 Å². The smallest absolute Gasteiger partial charge is 0.00473 e. The van der Waals surface area contributed by atoms with Crippen LogP contribution in [0.15, 0.2) is 0 Å². The van der Waals surface area contributed by atoms with Crippen LogP contribution < -0.4 is 5.32 Å². The fraction of sp³-hybridized carbons (Fsp3) is 1.00. The third-order valence-corrected chi connectivity index (χ3v) is 4.81. The van der Waals surface area contributed by atoms with E-state index in [1.807, 2.05) is 0 Å². The van der Waals surface area contributed by atoms with Gasteiger partial charge >= 0.3 is 0 Å². The molecule has 1 N–H and O–H groups in total. The molecule has 18 heavy (non-hydrogen) atoms.